The second-order valence-corrected chi connectivity index (χ2v) is 5.66. The van der Waals surface area contributed by atoms with E-state index in [1.165, 1.54) is 11.0 Å². The molecule has 1 amide bonds. The van der Waals surface area contributed by atoms with Crippen LogP contribution in [0.5, 0.6) is 11.5 Å². The van der Waals surface area contributed by atoms with Crippen molar-refractivity contribution in [1.82, 2.24) is 0 Å². The van der Waals surface area contributed by atoms with Crippen LogP contribution >= 0.6 is 11.3 Å². The molecule has 1 N–H and O–H groups in total. The Balaban J connectivity index is 1.65. The van der Waals surface area contributed by atoms with E-state index >= 15 is 0 Å². The maximum Gasteiger partial charge on any atom is 0.248 e. The van der Waals surface area contributed by atoms with Crippen LogP contribution in [0.15, 0.2) is 36.4 Å². The number of rotatable bonds is 3. The summed E-state index contributed by atoms with van der Waals surface area (Å²) in [6.07, 6.45) is 3.33. The monoisotopic (exact) mass is 287 g/mol. The van der Waals surface area contributed by atoms with E-state index in [1.807, 2.05) is 19.1 Å². The van der Waals surface area contributed by atoms with E-state index in [9.17, 15) is 4.79 Å². The van der Waals surface area contributed by atoms with Crippen molar-refractivity contribution < 1.29 is 14.3 Å². The van der Waals surface area contributed by atoms with Crippen LogP contribution in [0.1, 0.15) is 9.75 Å². The number of aryl methyl sites for hydroxylation is 1. The van der Waals surface area contributed by atoms with E-state index in [0.29, 0.717) is 17.2 Å². The summed E-state index contributed by atoms with van der Waals surface area (Å²) < 4.78 is 10.5. The van der Waals surface area contributed by atoms with Crippen molar-refractivity contribution in [1.29, 1.82) is 0 Å². The van der Waals surface area contributed by atoms with Crippen molar-refractivity contribution in [2.75, 3.05) is 12.1 Å². The van der Waals surface area contributed by atoms with Crippen molar-refractivity contribution in [3.63, 3.8) is 0 Å². The summed E-state index contributed by atoms with van der Waals surface area (Å²) in [6, 6.07) is 9.34. The Morgan fingerprint density at radius 2 is 2.10 bits per heavy atom. The quantitative estimate of drug-likeness (QED) is 0.880. The SMILES string of the molecule is Cc1ccc(/C=C/C(=O)Nc2ccc3c(c2)OCO3)s1. The summed E-state index contributed by atoms with van der Waals surface area (Å²) in [7, 11) is 0. The Hall–Kier alpha value is -2.27. The molecule has 1 aromatic carbocycles. The molecule has 20 heavy (non-hydrogen) atoms. The first kappa shape index (κ1) is 12.7. The lowest BCUT2D eigenvalue weighted by molar-refractivity contribution is -0.111. The van der Waals surface area contributed by atoms with Crippen LogP contribution in [-0.2, 0) is 4.79 Å². The van der Waals surface area contributed by atoms with E-state index in [1.54, 1.807) is 35.6 Å². The van der Waals surface area contributed by atoms with Crippen molar-refractivity contribution in [2.45, 2.75) is 6.92 Å². The van der Waals surface area contributed by atoms with Crippen molar-refractivity contribution in [2.24, 2.45) is 0 Å². The lowest BCUT2D eigenvalue weighted by atomic mass is 10.2. The predicted octanol–water partition coefficient (Wildman–Crippen LogP) is 3.44. The molecule has 0 saturated carbocycles. The van der Waals surface area contributed by atoms with E-state index in [0.717, 1.165) is 4.88 Å². The minimum atomic E-state index is -0.171. The van der Waals surface area contributed by atoms with Gasteiger partial charge in [0.1, 0.15) is 0 Å². The lowest BCUT2D eigenvalue weighted by Gasteiger charge is -2.03. The molecule has 0 spiro atoms. The third-order valence-corrected chi connectivity index (χ3v) is 3.77. The highest BCUT2D eigenvalue weighted by Gasteiger charge is 2.13. The highest BCUT2D eigenvalue weighted by molar-refractivity contribution is 7.12. The van der Waals surface area contributed by atoms with Crippen LogP contribution in [0, 0.1) is 6.92 Å². The van der Waals surface area contributed by atoms with Gasteiger partial charge in [0, 0.05) is 27.6 Å². The van der Waals surface area contributed by atoms with Gasteiger partial charge in [-0.1, -0.05) is 0 Å². The molecule has 0 fully saturated rings. The Morgan fingerprint density at radius 1 is 1.25 bits per heavy atom. The van der Waals surface area contributed by atoms with Crippen LogP contribution in [0.2, 0.25) is 0 Å². The Bertz CT molecular complexity index is 676. The average molecular weight is 287 g/mol. The normalized spacial score (nSPS) is 12.8. The molecule has 2 aromatic rings. The number of amides is 1. The average Bonchev–Trinajstić information content (AvgIpc) is 3.04. The van der Waals surface area contributed by atoms with Gasteiger partial charge in [0.15, 0.2) is 11.5 Å². The molecule has 0 aliphatic carbocycles. The number of anilines is 1. The van der Waals surface area contributed by atoms with Crippen molar-refractivity contribution in [3.8, 4) is 11.5 Å². The van der Waals surface area contributed by atoms with E-state index in [-0.39, 0.29) is 12.7 Å². The van der Waals surface area contributed by atoms with Gasteiger partial charge >= 0.3 is 0 Å². The molecular weight excluding hydrogens is 274 g/mol. The number of nitrogens with one attached hydrogen (secondary N) is 1. The number of fused-ring (bicyclic) bond motifs is 1. The first-order chi connectivity index (χ1) is 9.70. The molecule has 0 atom stereocenters. The molecule has 2 heterocycles. The number of hydrogen-bond acceptors (Lipinski definition) is 4. The molecular formula is C15H13NO3S. The molecule has 5 heteroatoms. The van der Waals surface area contributed by atoms with Crippen LogP contribution in [0.4, 0.5) is 5.69 Å². The van der Waals surface area contributed by atoms with Crippen LogP contribution in [-0.4, -0.2) is 12.7 Å². The third-order valence-electron chi connectivity index (χ3n) is 2.80. The third kappa shape index (κ3) is 2.83. The molecule has 4 nitrogen and oxygen atoms in total. The molecule has 0 bridgehead atoms. The fourth-order valence-electron chi connectivity index (χ4n) is 1.86. The van der Waals surface area contributed by atoms with Gasteiger partial charge in [-0.2, -0.15) is 0 Å². The number of ether oxygens (including phenoxy) is 2. The summed E-state index contributed by atoms with van der Waals surface area (Å²) in [6.45, 7) is 2.26. The molecule has 3 rings (SSSR count). The van der Waals surface area contributed by atoms with Crippen LogP contribution in [0.25, 0.3) is 6.08 Å². The largest absolute Gasteiger partial charge is 0.454 e. The van der Waals surface area contributed by atoms with E-state index < -0.39 is 0 Å². The van der Waals surface area contributed by atoms with Crippen LogP contribution < -0.4 is 14.8 Å². The molecule has 1 aliphatic rings. The van der Waals surface area contributed by atoms with Gasteiger partial charge in [0.25, 0.3) is 0 Å². The predicted molar refractivity (Wildman–Crippen MR) is 79.3 cm³/mol. The van der Waals surface area contributed by atoms with Gasteiger partial charge in [-0.3, -0.25) is 4.79 Å². The van der Waals surface area contributed by atoms with Crippen molar-refractivity contribution >= 4 is 29.0 Å². The van der Waals surface area contributed by atoms with Gasteiger partial charge in [-0.25, -0.2) is 0 Å². The summed E-state index contributed by atoms with van der Waals surface area (Å²) in [5.41, 5.74) is 0.686. The second kappa shape index (κ2) is 5.38. The molecule has 1 aliphatic heterocycles. The molecule has 1 aromatic heterocycles. The summed E-state index contributed by atoms with van der Waals surface area (Å²) in [5, 5.41) is 2.79. The van der Waals surface area contributed by atoms with Gasteiger partial charge in [-0.05, 0) is 37.3 Å². The highest BCUT2D eigenvalue weighted by Crippen LogP contribution is 2.34. The van der Waals surface area contributed by atoms with E-state index in [4.69, 9.17) is 9.47 Å². The fraction of sp³-hybridized carbons (Fsp3) is 0.133. The maximum atomic E-state index is 11.8. The zero-order valence-corrected chi connectivity index (χ0v) is 11.7. The topological polar surface area (TPSA) is 47.6 Å². The van der Waals surface area contributed by atoms with Crippen LogP contribution in [0.3, 0.4) is 0 Å². The zero-order valence-electron chi connectivity index (χ0n) is 10.9. The van der Waals surface area contributed by atoms with Gasteiger partial charge < -0.3 is 14.8 Å². The number of thiophene rings is 1. The number of benzene rings is 1. The second-order valence-electron chi connectivity index (χ2n) is 4.34. The number of carbonyl (C=O) groups is 1. The zero-order chi connectivity index (χ0) is 13.9. The lowest BCUT2D eigenvalue weighted by Crippen LogP contribution is -2.07. The minimum Gasteiger partial charge on any atom is -0.454 e. The Kier molecular flexibility index (Phi) is 3.43. The number of hydrogen-bond donors (Lipinski definition) is 1. The first-order valence-electron chi connectivity index (χ1n) is 6.16. The molecule has 102 valence electrons. The Labute approximate surface area is 120 Å². The summed E-state index contributed by atoms with van der Waals surface area (Å²) in [5.74, 6) is 1.18. The van der Waals surface area contributed by atoms with Crippen molar-refractivity contribution in [3.05, 3.63) is 46.2 Å². The molecule has 0 unspecified atom stereocenters. The first-order valence-corrected chi connectivity index (χ1v) is 6.97. The number of carbonyl (C=O) groups excluding carboxylic acids is 1. The van der Waals surface area contributed by atoms with E-state index in [2.05, 4.69) is 5.32 Å². The van der Waals surface area contributed by atoms with Gasteiger partial charge in [0.05, 0.1) is 0 Å². The van der Waals surface area contributed by atoms with Gasteiger partial charge in [-0.15, -0.1) is 11.3 Å². The highest BCUT2D eigenvalue weighted by atomic mass is 32.1. The summed E-state index contributed by atoms with van der Waals surface area (Å²) in [4.78, 5) is 14.1. The Morgan fingerprint density at radius 3 is 2.90 bits per heavy atom. The smallest absolute Gasteiger partial charge is 0.248 e. The fourth-order valence-corrected chi connectivity index (χ4v) is 2.64. The van der Waals surface area contributed by atoms with Gasteiger partial charge in [0.2, 0.25) is 12.7 Å². The molecule has 0 radical (unpaired) electrons. The standard InChI is InChI=1S/C15H13NO3S/c1-10-2-4-12(20-10)5-7-15(17)16-11-3-6-13-14(8-11)19-9-18-13/h2-8H,9H2,1H3,(H,16,17)/b7-5+. The minimum absolute atomic E-state index is 0.171. The molecule has 0 saturated heterocycles. The maximum absolute atomic E-state index is 11.8. The summed E-state index contributed by atoms with van der Waals surface area (Å²) >= 11 is 1.65.